The number of halogens is 2. The largest absolute Gasteiger partial charge is 0.299 e. The zero-order valence-electron chi connectivity index (χ0n) is 15.3. The average molecular weight is 448 g/mol. The third-order valence-electron chi connectivity index (χ3n) is 5.44. The Hall–Kier alpha value is -1.45. The van der Waals surface area contributed by atoms with E-state index < -0.39 is 0 Å². The number of carbonyl (C=O) groups excluding carboxylic acids is 2. The van der Waals surface area contributed by atoms with E-state index in [1.165, 1.54) is 0 Å². The highest BCUT2D eigenvalue weighted by Gasteiger charge is 2.32. The Bertz CT molecular complexity index is 818. The van der Waals surface area contributed by atoms with Gasteiger partial charge >= 0.3 is 0 Å². The van der Waals surface area contributed by atoms with Crippen molar-refractivity contribution in [3.05, 3.63) is 69.2 Å². The second-order valence-electron chi connectivity index (χ2n) is 7.29. The Morgan fingerprint density at radius 3 is 2.63 bits per heavy atom. The van der Waals surface area contributed by atoms with Crippen LogP contribution < -0.4 is 0 Å². The van der Waals surface area contributed by atoms with Gasteiger partial charge in [-0.15, -0.1) is 0 Å². The van der Waals surface area contributed by atoms with Crippen molar-refractivity contribution in [3.63, 3.8) is 0 Å². The van der Waals surface area contributed by atoms with Crippen LogP contribution in [0.4, 0.5) is 0 Å². The summed E-state index contributed by atoms with van der Waals surface area (Å²) in [6.45, 7) is 0. The molecule has 0 spiro atoms. The predicted molar refractivity (Wildman–Crippen MR) is 113 cm³/mol. The van der Waals surface area contributed by atoms with Crippen LogP contribution in [0.15, 0.2) is 53.0 Å². The molecule has 4 heteroatoms. The van der Waals surface area contributed by atoms with Gasteiger partial charge in [0.2, 0.25) is 0 Å². The Morgan fingerprint density at radius 2 is 1.85 bits per heavy atom. The molecule has 0 bridgehead atoms. The molecule has 0 radical (unpaired) electrons. The van der Waals surface area contributed by atoms with Crippen LogP contribution in [0.25, 0.3) is 0 Å². The number of hydrogen-bond donors (Lipinski definition) is 0. The van der Waals surface area contributed by atoms with Crippen molar-refractivity contribution >= 4 is 39.1 Å². The second kappa shape index (κ2) is 9.66. The molecule has 142 valence electrons. The van der Waals surface area contributed by atoms with Crippen molar-refractivity contribution in [2.45, 2.75) is 50.9 Å². The molecule has 2 atom stereocenters. The molecule has 0 aromatic heterocycles. The van der Waals surface area contributed by atoms with Crippen LogP contribution in [0.3, 0.4) is 0 Å². The first-order valence-electron chi connectivity index (χ1n) is 9.62. The summed E-state index contributed by atoms with van der Waals surface area (Å²) in [5, 5.41) is 0.643. The van der Waals surface area contributed by atoms with Gasteiger partial charge in [-0.1, -0.05) is 77.1 Å². The van der Waals surface area contributed by atoms with Gasteiger partial charge in [0, 0.05) is 39.7 Å². The molecule has 0 amide bonds. The molecule has 1 aliphatic carbocycles. The van der Waals surface area contributed by atoms with E-state index in [9.17, 15) is 9.59 Å². The standard InChI is InChI=1S/C23H24BrClO2/c24-21-12-6-5-11-19(21)23(27)15-20(16-8-7-9-17(25)14-16)18-10-3-1-2-4-13-22(18)26/h5-9,11-12,14,18,20H,1-4,10,13,15H2/t18-,20-/m1/s1. The summed E-state index contributed by atoms with van der Waals surface area (Å²) in [4.78, 5) is 26.0. The summed E-state index contributed by atoms with van der Waals surface area (Å²) < 4.78 is 0.795. The zero-order valence-corrected chi connectivity index (χ0v) is 17.6. The molecule has 2 nitrogen and oxygen atoms in total. The monoisotopic (exact) mass is 446 g/mol. The van der Waals surface area contributed by atoms with Gasteiger partial charge in [-0.25, -0.2) is 0 Å². The van der Waals surface area contributed by atoms with Gasteiger partial charge in [0.25, 0.3) is 0 Å². The fourth-order valence-electron chi connectivity index (χ4n) is 4.02. The fraction of sp³-hybridized carbons (Fsp3) is 0.391. The van der Waals surface area contributed by atoms with Crippen LogP contribution in [0, 0.1) is 5.92 Å². The van der Waals surface area contributed by atoms with Crippen molar-refractivity contribution in [1.82, 2.24) is 0 Å². The lowest BCUT2D eigenvalue weighted by atomic mass is 9.75. The van der Waals surface area contributed by atoms with Gasteiger partial charge in [-0.3, -0.25) is 9.59 Å². The van der Waals surface area contributed by atoms with Crippen LogP contribution in [0.1, 0.15) is 66.8 Å². The van der Waals surface area contributed by atoms with Gasteiger partial charge in [0.15, 0.2) is 5.78 Å². The highest BCUT2D eigenvalue weighted by atomic mass is 79.9. The maximum Gasteiger partial charge on any atom is 0.164 e. The van der Waals surface area contributed by atoms with E-state index >= 15 is 0 Å². The molecule has 27 heavy (non-hydrogen) atoms. The number of rotatable bonds is 5. The van der Waals surface area contributed by atoms with E-state index in [1.807, 2.05) is 48.5 Å². The SMILES string of the molecule is O=C(C[C@H](c1cccc(Cl)c1)[C@H]1CCCCCCC1=O)c1ccccc1Br. The number of hydrogen-bond acceptors (Lipinski definition) is 2. The molecular weight excluding hydrogens is 424 g/mol. The van der Waals surface area contributed by atoms with Gasteiger partial charge in [0.05, 0.1) is 0 Å². The van der Waals surface area contributed by atoms with Crippen molar-refractivity contribution in [2.24, 2.45) is 5.92 Å². The van der Waals surface area contributed by atoms with Crippen molar-refractivity contribution in [1.29, 1.82) is 0 Å². The summed E-state index contributed by atoms with van der Waals surface area (Å²) in [6.07, 6.45) is 6.05. The highest BCUT2D eigenvalue weighted by molar-refractivity contribution is 9.10. The maximum atomic E-state index is 13.1. The Labute approximate surface area is 174 Å². The third kappa shape index (κ3) is 5.30. The summed E-state index contributed by atoms with van der Waals surface area (Å²) in [7, 11) is 0. The molecule has 0 N–H and O–H groups in total. The Balaban J connectivity index is 1.93. The van der Waals surface area contributed by atoms with Gasteiger partial charge in [0.1, 0.15) is 5.78 Å². The van der Waals surface area contributed by atoms with E-state index in [2.05, 4.69) is 15.9 Å². The quantitative estimate of drug-likeness (QED) is 0.462. The normalized spacial score (nSPS) is 19.2. The van der Waals surface area contributed by atoms with Crippen LogP contribution in [0.5, 0.6) is 0 Å². The number of carbonyl (C=O) groups is 2. The minimum atomic E-state index is -0.131. The lowest BCUT2D eigenvalue weighted by Gasteiger charge is -2.28. The minimum absolute atomic E-state index is 0.0577. The topological polar surface area (TPSA) is 34.1 Å². The molecule has 0 saturated heterocycles. The molecule has 0 aliphatic heterocycles. The lowest BCUT2D eigenvalue weighted by Crippen LogP contribution is -2.26. The molecule has 1 aliphatic rings. The number of Topliss-reactive ketones (excluding diaryl/α,β-unsaturated/α-hetero) is 2. The average Bonchev–Trinajstić information content (AvgIpc) is 2.64. The van der Waals surface area contributed by atoms with Gasteiger partial charge in [-0.2, -0.15) is 0 Å². The Kier molecular flexibility index (Phi) is 7.26. The molecule has 2 aromatic rings. The van der Waals surface area contributed by atoms with Crippen LogP contribution in [0.2, 0.25) is 5.02 Å². The number of ketones is 2. The smallest absolute Gasteiger partial charge is 0.164 e. The summed E-state index contributed by atoms with van der Waals surface area (Å²) >= 11 is 9.70. The van der Waals surface area contributed by atoms with Gasteiger partial charge in [-0.05, 0) is 36.6 Å². The number of benzene rings is 2. The summed E-state index contributed by atoms with van der Waals surface area (Å²) in [6, 6.07) is 15.1. The molecule has 0 unspecified atom stereocenters. The molecule has 1 saturated carbocycles. The molecular formula is C23H24BrClO2. The van der Waals surface area contributed by atoms with Crippen molar-refractivity contribution in [2.75, 3.05) is 0 Å². The van der Waals surface area contributed by atoms with E-state index in [4.69, 9.17) is 11.6 Å². The first-order valence-corrected chi connectivity index (χ1v) is 10.8. The Morgan fingerprint density at radius 1 is 1.07 bits per heavy atom. The van der Waals surface area contributed by atoms with Crippen molar-refractivity contribution < 1.29 is 9.59 Å². The first kappa shape index (κ1) is 20.3. The van der Waals surface area contributed by atoms with E-state index in [0.29, 0.717) is 29.2 Å². The first-order chi connectivity index (χ1) is 13.1. The minimum Gasteiger partial charge on any atom is -0.299 e. The van der Waals surface area contributed by atoms with Crippen LogP contribution in [-0.2, 0) is 4.79 Å². The fourth-order valence-corrected chi connectivity index (χ4v) is 4.72. The second-order valence-corrected chi connectivity index (χ2v) is 8.59. The molecule has 2 aromatic carbocycles. The van der Waals surface area contributed by atoms with E-state index in [1.54, 1.807) is 0 Å². The third-order valence-corrected chi connectivity index (χ3v) is 6.37. The highest BCUT2D eigenvalue weighted by Crippen LogP contribution is 2.37. The summed E-state index contributed by atoms with van der Waals surface area (Å²) in [5.41, 5.74) is 1.66. The predicted octanol–water partition coefficient (Wildman–Crippen LogP) is 7.00. The molecule has 3 rings (SSSR count). The van der Waals surface area contributed by atoms with Crippen LogP contribution >= 0.6 is 27.5 Å². The van der Waals surface area contributed by atoms with E-state index in [-0.39, 0.29) is 17.6 Å². The summed E-state index contributed by atoms with van der Waals surface area (Å²) in [5.74, 6) is 0.103. The van der Waals surface area contributed by atoms with Crippen LogP contribution in [-0.4, -0.2) is 11.6 Å². The molecule has 1 fully saturated rings. The zero-order chi connectivity index (χ0) is 19.2. The lowest BCUT2D eigenvalue weighted by molar-refractivity contribution is -0.124. The van der Waals surface area contributed by atoms with Crippen molar-refractivity contribution in [3.8, 4) is 0 Å². The van der Waals surface area contributed by atoms with Gasteiger partial charge < -0.3 is 0 Å². The maximum absolute atomic E-state index is 13.1. The van der Waals surface area contributed by atoms with E-state index in [0.717, 1.165) is 42.1 Å². The molecule has 0 heterocycles.